The topological polar surface area (TPSA) is 36.4 Å². The maximum Gasteiger partial charge on any atom is 0.104 e. The van der Waals surface area contributed by atoms with Crippen LogP contribution in [-0.4, -0.2) is 28.1 Å². The minimum atomic E-state index is -0.715. The van der Waals surface area contributed by atoms with Crippen LogP contribution in [0.2, 0.25) is 0 Å². The van der Waals surface area contributed by atoms with Crippen molar-refractivity contribution in [3.63, 3.8) is 0 Å². The minimum Gasteiger partial charge on any atom is -0.384 e. The van der Waals surface area contributed by atoms with Gasteiger partial charge in [0.1, 0.15) is 5.60 Å². The molecule has 1 saturated heterocycles. The van der Waals surface area contributed by atoms with Crippen LogP contribution in [0.1, 0.15) is 23.1 Å². The van der Waals surface area contributed by atoms with Gasteiger partial charge in [0.15, 0.2) is 0 Å². The number of rotatable bonds is 3. The number of hydrogen-bond donors (Lipinski definition) is 1. The third-order valence-corrected chi connectivity index (χ3v) is 4.10. The number of nitrogens with zero attached hydrogens (tertiary/aromatic N) is 2. The molecule has 0 aliphatic carbocycles. The molecule has 0 spiro atoms. The number of β-amino-alcohol motifs (C(OH)–C–C–N with tert-alkyl or cyclic N) is 1. The van der Waals surface area contributed by atoms with E-state index < -0.39 is 5.60 Å². The molecule has 0 bridgehead atoms. The van der Waals surface area contributed by atoms with Gasteiger partial charge in [-0.15, -0.1) is 0 Å². The number of aliphatic hydroxyl groups is 1. The lowest BCUT2D eigenvalue weighted by Gasteiger charge is -2.25. The smallest absolute Gasteiger partial charge is 0.104 e. The average Bonchev–Trinajstić information content (AvgIpc) is 2.83. The highest BCUT2D eigenvalue weighted by molar-refractivity contribution is 5.32. The summed E-state index contributed by atoms with van der Waals surface area (Å²) in [6, 6.07) is 12.2. The molecule has 1 aromatic heterocycles. The molecule has 1 aliphatic heterocycles. The summed E-state index contributed by atoms with van der Waals surface area (Å²) in [5.74, 6) is 0. The summed E-state index contributed by atoms with van der Waals surface area (Å²) in [6.45, 7) is 4.52. The van der Waals surface area contributed by atoms with E-state index in [1.807, 2.05) is 30.5 Å². The van der Waals surface area contributed by atoms with Gasteiger partial charge in [0.2, 0.25) is 0 Å². The molecule has 1 atom stereocenters. The molecule has 20 heavy (non-hydrogen) atoms. The summed E-state index contributed by atoms with van der Waals surface area (Å²) in [7, 11) is 0. The van der Waals surface area contributed by atoms with E-state index >= 15 is 0 Å². The first-order valence-corrected chi connectivity index (χ1v) is 7.07. The van der Waals surface area contributed by atoms with Crippen LogP contribution in [0, 0.1) is 6.92 Å². The van der Waals surface area contributed by atoms with Crippen LogP contribution < -0.4 is 0 Å². The second-order valence-electron chi connectivity index (χ2n) is 5.67. The molecule has 104 valence electrons. The quantitative estimate of drug-likeness (QED) is 0.929. The van der Waals surface area contributed by atoms with Gasteiger partial charge in [-0.3, -0.25) is 9.88 Å². The Labute approximate surface area is 119 Å². The Morgan fingerprint density at radius 3 is 2.85 bits per heavy atom. The number of aryl methyl sites for hydroxylation is 1. The lowest BCUT2D eigenvalue weighted by molar-refractivity contribution is 0.0447. The van der Waals surface area contributed by atoms with Gasteiger partial charge in [0.25, 0.3) is 0 Å². The van der Waals surface area contributed by atoms with Crippen molar-refractivity contribution >= 4 is 0 Å². The minimum absolute atomic E-state index is 0.687. The van der Waals surface area contributed by atoms with Crippen LogP contribution in [-0.2, 0) is 12.1 Å². The van der Waals surface area contributed by atoms with Gasteiger partial charge < -0.3 is 5.11 Å². The number of likely N-dealkylation sites (tertiary alicyclic amines) is 1. The van der Waals surface area contributed by atoms with Crippen LogP contribution in [0.25, 0.3) is 0 Å². The van der Waals surface area contributed by atoms with E-state index in [2.05, 4.69) is 28.9 Å². The number of benzene rings is 1. The van der Waals surface area contributed by atoms with Crippen LogP contribution in [0.3, 0.4) is 0 Å². The first-order chi connectivity index (χ1) is 9.67. The van der Waals surface area contributed by atoms with E-state index in [4.69, 9.17) is 0 Å². The highest BCUT2D eigenvalue weighted by Gasteiger charge is 2.38. The molecule has 1 N–H and O–H groups in total. The van der Waals surface area contributed by atoms with E-state index in [1.54, 1.807) is 6.20 Å². The summed E-state index contributed by atoms with van der Waals surface area (Å²) in [6.07, 6.45) is 4.47. The Morgan fingerprint density at radius 1 is 1.25 bits per heavy atom. The van der Waals surface area contributed by atoms with Gasteiger partial charge >= 0.3 is 0 Å². The van der Waals surface area contributed by atoms with Crippen molar-refractivity contribution in [2.45, 2.75) is 25.5 Å². The third-order valence-electron chi connectivity index (χ3n) is 4.10. The zero-order valence-electron chi connectivity index (χ0n) is 11.8. The van der Waals surface area contributed by atoms with Crippen molar-refractivity contribution < 1.29 is 5.11 Å². The molecule has 3 heteroatoms. The fraction of sp³-hybridized carbons (Fsp3) is 0.353. The molecule has 0 unspecified atom stereocenters. The fourth-order valence-corrected chi connectivity index (χ4v) is 3.07. The van der Waals surface area contributed by atoms with Crippen molar-refractivity contribution in [1.29, 1.82) is 0 Å². The Hall–Kier alpha value is -1.71. The summed E-state index contributed by atoms with van der Waals surface area (Å²) in [5, 5.41) is 10.9. The van der Waals surface area contributed by atoms with E-state index in [0.717, 1.165) is 25.1 Å². The van der Waals surface area contributed by atoms with Crippen LogP contribution in [0.4, 0.5) is 0 Å². The van der Waals surface area contributed by atoms with E-state index in [1.165, 1.54) is 11.1 Å². The van der Waals surface area contributed by atoms with Gasteiger partial charge in [-0.2, -0.15) is 0 Å². The zero-order valence-corrected chi connectivity index (χ0v) is 11.8. The molecular weight excluding hydrogens is 248 g/mol. The second-order valence-corrected chi connectivity index (χ2v) is 5.67. The van der Waals surface area contributed by atoms with Crippen molar-refractivity contribution in [2.24, 2.45) is 0 Å². The number of hydrogen-bond acceptors (Lipinski definition) is 3. The predicted molar refractivity (Wildman–Crippen MR) is 79.2 cm³/mol. The fourth-order valence-electron chi connectivity index (χ4n) is 3.07. The zero-order chi connectivity index (χ0) is 14.0. The molecular formula is C17H20N2O. The SMILES string of the molecule is Cc1ccccc1[C@]1(O)CCN(Cc2cccnc2)C1. The van der Waals surface area contributed by atoms with Crippen molar-refractivity contribution in [2.75, 3.05) is 13.1 Å². The molecule has 3 nitrogen and oxygen atoms in total. The molecule has 1 fully saturated rings. The van der Waals surface area contributed by atoms with Crippen molar-refractivity contribution in [3.05, 3.63) is 65.5 Å². The van der Waals surface area contributed by atoms with Gasteiger partial charge in [-0.1, -0.05) is 30.3 Å². The number of pyridine rings is 1. The summed E-state index contributed by atoms with van der Waals surface area (Å²) in [4.78, 5) is 6.44. The first kappa shape index (κ1) is 13.3. The van der Waals surface area contributed by atoms with Crippen molar-refractivity contribution in [1.82, 2.24) is 9.88 Å². The Balaban J connectivity index is 1.74. The van der Waals surface area contributed by atoms with Crippen LogP contribution >= 0.6 is 0 Å². The molecule has 2 aromatic rings. The lowest BCUT2D eigenvalue weighted by atomic mass is 9.89. The summed E-state index contributed by atoms with van der Waals surface area (Å²) in [5.41, 5.74) is 2.71. The Bertz CT molecular complexity index is 585. The van der Waals surface area contributed by atoms with E-state index in [-0.39, 0.29) is 0 Å². The molecule has 0 radical (unpaired) electrons. The van der Waals surface area contributed by atoms with Crippen LogP contribution in [0.5, 0.6) is 0 Å². The highest BCUT2D eigenvalue weighted by atomic mass is 16.3. The summed E-state index contributed by atoms with van der Waals surface area (Å²) >= 11 is 0. The number of aromatic nitrogens is 1. The molecule has 0 amide bonds. The van der Waals surface area contributed by atoms with E-state index in [0.29, 0.717) is 6.54 Å². The van der Waals surface area contributed by atoms with Crippen molar-refractivity contribution in [3.8, 4) is 0 Å². The molecule has 2 heterocycles. The van der Waals surface area contributed by atoms with Gasteiger partial charge in [-0.25, -0.2) is 0 Å². The Kier molecular flexibility index (Phi) is 3.55. The largest absolute Gasteiger partial charge is 0.384 e. The standard InChI is InChI=1S/C17H20N2O/c1-14-5-2-3-7-16(14)17(20)8-10-19(13-17)12-15-6-4-9-18-11-15/h2-7,9,11,20H,8,10,12-13H2,1H3/t17-/m0/s1. The normalized spacial score (nSPS) is 23.1. The highest BCUT2D eigenvalue weighted by Crippen LogP contribution is 2.34. The maximum atomic E-state index is 10.9. The molecule has 1 aromatic carbocycles. The lowest BCUT2D eigenvalue weighted by Crippen LogP contribution is -2.31. The van der Waals surface area contributed by atoms with Gasteiger partial charge in [-0.05, 0) is 36.1 Å². The second kappa shape index (κ2) is 5.35. The monoisotopic (exact) mass is 268 g/mol. The first-order valence-electron chi connectivity index (χ1n) is 7.07. The third kappa shape index (κ3) is 2.60. The van der Waals surface area contributed by atoms with E-state index in [9.17, 15) is 5.11 Å². The molecule has 0 saturated carbocycles. The molecule has 3 rings (SSSR count). The Morgan fingerprint density at radius 2 is 2.10 bits per heavy atom. The van der Waals surface area contributed by atoms with Gasteiger partial charge in [0, 0.05) is 32.0 Å². The van der Waals surface area contributed by atoms with Crippen LogP contribution in [0.15, 0.2) is 48.8 Å². The molecule has 1 aliphatic rings. The van der Waals surface area contributed by atoms with Gasteiger partial charge in [0.05, 0.1) is 0 Å². The summed E-state index contributed by atoms with van der Waals surface area (Å²) < 4.78 is 0. The maximum absolute atomic E-state index is 10.9. The predicted octanol–water partition coefficient (Wildman–Crippen LogP) is 2.48. The average molecular weight is 268 g/mol.